The molecule has 26 heavy (non-hydrogen) atoms. The van der Waals surface area contributed by atoms with Gasteiger partial charge in [-0.15, -0.1) is 0 Å². The van der Waals surface area contributed by atoms with E-state index in [2.05, 4.69) is 0 Å². The summed E-state index contributed by atoms with van der Waals surface area (Å²) < 4.78 is 10.3. The topological polar surface area (TPSA) is 96.4 Å². The van der Waals surface area contributed by atoms with Crippen molar-refractivity contribution < 1.29 is 29.0 Å². The number of likely N-dealkylation sites (N-methyl/N-ethyl adjacent to an activating group) is 1. The van der Waals surface area contributed by atoms with Crippen molar-refractivity contribution >= 4 is 17.8 Å². The smallest absolute Gasteiger partial charge is 0.306 e. The lowest BCUT2D eigenvalue weighted by molar-refractivity contribution is -0.145. The molecule has 0 aliphatic carbocycles. The zero-order valence-corrected chi connectivity index (χ0v) is 15.2. The van der Waals surface area contributed by atoms with Gasteiger partial charge in [-0.2, -0.15) is 0 Å². The van der Waals surface area contributed by atoms with Gasteiger partial charge in [-0.25, -0.2) is 0 Å². The number of ether oxygens (including phenoxy) is 2. The second-order valence-electron chi connectivity index (χ2n) is 6.22. The number of carbonyl (C=O) groups excluding carboxylic acids is 2. The Kier molecular flexibility index (Phi) is 6.43. The molecule has 8 heteroatoms. The number of carboxylic acids is 1. The summed E-state index contributed by atoms with van der Waals surface area (Å²) in [5, 5.41) is 9.02. The number of carboxylic acid groups (broad SMARTS) is 1. The molecule has 1 heterocycles. The summed E-state index contributed by atoms with van der Waals surface area (Å²) in [6.45, 7) is 0.707. The summed E-state index contributed by atoms with van der Waals surface area (Å²) in [5.41, 5.74) is 0.341. The normalized spacial score (nSPS) is 14.7. The van der Waals surface area contributed by atoms with Crippen molar-refractivity contribution in [3.63, 3.8) is 0 Å². The van der Waals surface area contributed by atoms with Crippen LogP contribution in [0.1, 0.15) is 23.2 Å². The molecule has 0 saturated carbocycles. The first kappa shape index (κ1) is 19.6. The van der Waals surface area contributed by atoms with Gasteiger partial charge in [-0.3, -0.25) is 14.4 Å². The summed E-state index contributed by atoms with van der Waals surface area (Å²) in [6, 6.07) is 4.86. The van der Waals surface area contributed by atoms with E-state index in [-0.39, 0.29) is 18.4 Å². The Bertz CT molecular complexity index is 682. The third-order valence-electron chi connectivity index (χ3n) is 4.56. The van der Waals surface area contributed by atoms with Gasteiger partial charge in [0.05, 0.1) is 32.2 Å². The molecule has 1 N–H and O–H groups in total. The third-order valence-corrected chi connectivity index (χ3v) is 4.56. The van der Waals surface area contributed by atoms with Gasteiger partial charge in [0.1, 0.15) is 11.5 Å². The lowest BCUT2D eigenvalue weighted by atomic mass is 9.97. The van der Waals surface area contributed by atoms with Crippen LogP contribution in [-0.2, 0) is 9.59 Å². The van der Waals surface area contributed by atoms with E-state index in [9.17, 15) is 14.4 Å². The molecule has 2 amide bonds. The summed E-state index contributed by atoms with van der Waals surface area (Å²) in [4.78, 5) is 39.0. The van der Waals surface area contributed by atoms with E-state index in [0.29, 0.717) is 43.0 Å². The third kappa shape index (κ3) is 4.44. The highest BCUT2D eigenvalue weighted by molar-refractivity contribution is 5.98. The Morgan fingerprint density at radius 2 is 1.85 bits per heavy atom. The number of amides is 2. The Hall–Kier alpha value is -2.77. The predicted octanol–water partition coefficient (Wildman–Crippen LogP) is 1.10. The average Bonchev–Trinajstić information content (AvgIpc) is 2.66. The number of hydrogen-bond acceptors (Lipinski definition) is 5. The average molecular weight is 364 g/mol. The SMILES string of the molecule is COc1ccc(C(=O)N(C)CC(=O)N2CCC(C(=O)O)CC2)c(OC)c1. The molecular formula is C18H24N2O6. The molecule has 1 aliphatic rings. The maximum atomic E-state index is 12.6. The zero-order valence-electron chi connectivity index (χ0n) is 15.2. The van der Waals surface area contributed by atoms with Crippen molar-refractivity contribution in [3.05, 3.63) is 23.8 Å². The van der Waals surface area contributed by atoms with Gasteiger partial charge < -0.3 is 24.4 Å². The minimum Gasteiger partial charge on any atom is -0.497 e. The monoisotopic (exact) mass is 364 g/mol. The van der Waals surface area contributed by atoms with Gasteiger partial charge in [0.15, 0.2) is 0 Å². The fourth-order valence-electron chi connectivity index (χ4n) is 2.93. The Labute approximate surface area is 152 Å². The molecule has 0 unspecified atom stereocenters. The van der Waals surface area contributed by atoms with E-state index in [0.717, 1.165) is 0 Å². The van der Waals surface area contributed by atoms with Crippen LogP contribution in [0.4, 0.5) is 0 Å². The van der Waals surface area contributed by atoms with Crippen molar-refractivity contribution in [1.82, 2.24) is 9.80 Å². The lowest BCUT2D eigenvalue weighted by Gasteiger charge is -2.31. The first-order chi connectivity index (χ1) is 12.4. The van der Waals surface area contributed by atoms with Crippen molar-refractivity contribution in [2.24, 2.45) is 5.92 Å². The molecule has 0 atom stereocenters. The quantitative estimate of drug-likeness (QED) is 0.812. The van der Waals surface area contributed by atoms with Crippen LogP contribution in [0.15, 0.2) is 18.2 Å². The minimum atomic E-state index is -0.823. The molecule has 0 radical (unpaired) electrons. The van der Waals surface area contributed by atoms with Crippen molar-refractivity contribution in [2.45, 2.75) is 12.8 Å². The van der Waals surface area contributed by atoms with E-state index in [1.807, 2.05) is 0 Å². The summed E-state index contributed by atoms with van der Waals surface area (Å²) >= 11 is 0. The molecule has 8 nitrogen and oxygen atoms in total. The number of rotatable bonds is 6. The highest BCUT2D eigenvalue weighted by atomic mass is 16.5. The van der Waals surface area contributed by atoms with Gasteiger partial charge in [0.25, 0.3) is 5.91 Å². The van der Waals surface area contributed by atoms with E-state index in [1.54, 1.807) is 30.1 Å². The highest BCUT2D eigenvalue weighted by Crippen LogP contribution is 2.25. The minimum absolute atomic E-state index is 0.0776. The van der Waals surface area contributed by atoms with Gasteiger partial charge in [0, 0.05) is 26.2 Å². The van der Waals surface area contributed by atoms with Gasteiger partial charge in [-0.1, -0.05) is 0 Å². The van der Waals surface area contributed by atoms with Crippen LogP contribution in [0.2, 0.25) is 0 Å². The molecule has 1 aromatic carbocycles. The van der Waals surface area contributed by atoms with Gasteiger partial charge in [-0.05, 0) is 25.0 Å². The van der Waals surface area contributed by atoms with Crippen LogP contribution >= 0.6 is 0 Å². The molecular weight excluding hydrogens is 340 g/mol. The maximum absolute atomic E-state index is 12.6. The van der Waals surface area contributed by atoms with Crippen LogP contribution in [-0.4, -0.2) is 73.6 Å². The summed E-state index contributed by atoms with van der Waals surface area (Å²) in [5.74, 6) is -0.817. The number of benzene rings is 1. The van der Waals surface area contributed by atoms with Crippen LogP contribution in [0.5, 0.6) is 11.5 Å². The number of likely N-dealkylation sites (tertiary alicyclic amines) is 1. The van der Waals surface area contributed by atoms with E-state index in [1.165, 1.54) is 19.1 Å². The van der Waals surface area contributed by atoms with Crippen molar-refractivity contribution in [2.75, 3.05) is 40.9 Å². The van der Waals surface area contributed by atoms with Crippen LogP contribution in [0, 0.1) is 5.92 Å². The van der Waals surface area contributed by atoms with E-state index in [4.69, 9.17) is 14.6 Å². The number of hydrogen-bond donors (Lipinski definition) is 1. The fraction of sp³-hybridized carbons (Fsp3) is 0.500. The van der Waals surface area contributed by atoms with E-state index < -0.39 is 11.9 Å². The Balaban J connectivity index is 1.99. The predicted molar refractivity (Wildman–Crippen MR) is 93.4 cm³/mol. The molecule has 0 aromatic heterocycles. The first-order valence-corrected chi connectivity index (χ1v) is 8.35. The molecule has 142 valence electrons. The Morgan fingerprint density at radius 1 is 1.19 bits per heavy atom. The van der Waals surface area contributed by atoms with Crippen LogP contribution in [0.25, 0.3) is 0 Å². The number of aliphatic carboxylic acids is 1. The largest absolute Gasteiger partial charge is 0.497 e. The van der Waals surface area contributed by atoms with Crippen LogP contribution < -0.4 is 9.47 Å². The standard InChI is InChI=1S/C18H24N2O6/c1-19(11-16(21)20-8-6-12(7-9-20)18(23)24)17(22)14-5-4-13(25-2)10-15(14)26-3/h4-5,10,12H,6-9,11H2,1-3H3,(H,23,24). The molecule has 0 bridgehead atoms. The highest BCUT2D eigenvalue weighted by Gasteiger charge is 2.28. The number of carbonyl (C=O) groups is 3. The fourth-order valence-corrected chi connectivity index (χ4v) is 2.93. The zero-order chi connectivity index (χ0) is 19.3. The number of methoxy groups -OCH3 is 2. The summed E-state index contributed by atoms with van der Waals surface area (Å²) in [6.07, 6.45) is 0.871. The summed E-state index contributed by atoms with van der Waals surface area (Å²) in [7, 11) is 4.53. The van der Waals surface area contributed by atoms with Crippen molar-refractivity contribution in [1.29, 1.82) is 0 Å². The Morgan fingerprint density at radius 3 is 2.38 bits per heavy atom. The van der Waals surface area contributed by atoms with Gasteiger partial charge in [0.2, 0.25) is 5.91 Å². The van der Waals surface area contributed by atoms with Gasteiger partial charge >= 0.3 is 5.97 Å². The molecule has 1 saturated heterocycles. The molecule has 2 rings (SSSR count). The molecule has 1 aromatic rings. The second kappa shape index (κ2) is 8.55. The number of nitrogens with zero attached hydrogens (tertiary/aromatic N) is 2. The second-order valence-corrected chi connectivity index (χ2v) is 6.22. The maximum Gasteiger partial charge on any atom is 0.306 e. The molecule has 1 aliphatic heterocycles. The van der Waals surface area contributed by atoms with E-state index >= 15 is 0 Å². The first-order valence-electron chi connectivity index (χ1n) is 8.35. The molecule has 0 spiro atoms. The number of piperidine rings is 1. The lowest BCUT2D eigenvalue weighted by Crippen LogP contribution is -2.45. The van der Waals surface area contributed by atoms with Crippen molar-refractivity contribution in [3.8, 4) is 11.5 Å². The van der Waals surface area contributed by atoms with Crippen LogP contribution in [0.3, 0.4) is 0 Å². The molecule has 1 fully saturated rings.